The second-order valence-corrected chi connectivity index (χ2v) is 7.81. The number of nitrogens with two attached hydrogens (primary N) is 1. The maximum Gasteiger partial charge on any atom is 0.416 e. The molecule has 0 aliphatic heterocycles. The van der Waals surface area contributed by atoms with E-state index in [1.54, 1.807) is 6.92 Å². The van der Waals surface area contributed by atoms with E-state index in [1.165, 1.54) is 12.1 Å². The fourth-order valence-electron chi connectivity index (χ4n) is 2.24. The minimum Gasteiger partial charge on any atom is -0.369 e. The maximum atomic E-state index is 12.5. The summed E-state index contributed by atoms with van der Waals surface area (Å²) in [6.07, 6.45) is -2.20. The number of benzene rings is 2. The van der Waals surface area contributed by atoms with Crippen molar-refractivity contribution >= 4 is 16.0 Å². The summed E-state index contributed by atoms with van der Waals surface area (Å²) in [4.78, 5) is 11.0. The van der Waals surface area contributed by atoms with Crippen molar-refractivity contribution in [2.45, 2.75) is 25.9 Å². The van der Waals surface area contributed by atoms with Gasteiger partial charge in [-0.05, 0) is 41.7 Å². The Morgan fingerprint density at radius 2 is 1.43 bits per heavy atom. The molecule has 2 rings (SSSR count). The zero-order valence-electron chi connectivity index (χ0n) is 15.4. The molecule has 1 atom stereocenters. The molecule has 0 aliphatic carbocycles. The SMILES string of the molecule is CS(=O)(=O)O.C[C@@H](CCc1ccc(-c2ccc(C(F)(F)F)cc2)cc1)C(N)=O. The van der Waals surface area contributed by atoms with Crippen molar-refractivity contribution in [1.29, 1.82) is 0 Å². The topological polar surface area (TPSA) is 97.5 Å². The van der Waals surface area contributed by atoms with E-state index in [4.69, 9.17) is 10.3 Å². The number of amides is 1. The largest absolute Gasteiger partial charge is 0.416 e. The molecule has 0 fully saturated rings. The zero-order valence-corrected chi connectivity index (χ0v) is 16.2. The number of rotatable bonds is 5. The highest BCUT2D eigenvalue weighted by Crippen LogP contribution is 2.31. The highest BCUT2D eigenvalue weighted by Gasteiger charge is 2.29. The molecule has 28 heavy (non-hydrogen) atoms. The van der Waals surface area contributed by atoms with Crippen molar-refractivity contribution in [2.75, 3.05) is 6.26 Å². The number of halogens is 3. The average molecular weight is 417 g/mol. The van der Waals surface area contributed by atoms with Gasteiger partial charge >= 0.3 is 6.18 Å². The summed E-state index contributed by atoms with van der Waals surface area (Å²) < 4.78 is 63.5. The summed E-state index contributed by atoms with van der Waals surface area (Å²) in [5, 5.41) is 0. The number of hydrogen-bond acceptors (Lipinski definition) is 3. The average Bonchev–Trinajstić information content (AvgIpc) is 2.58. The second kappa shape index (κ2) is 9.70. The quantitative estimate of drug-likeness (QED) is 0.721. The Balaban J connectivity index is 0.000000696. The molecule has 9 heteroatoms. The number of aryl methyl sites for hydroxylation is 1. The molecule has 0 radical (unpaired) electrons. The van der Waals surface area contributed by atoms with Gasteiger partial charge in [0.25, 0.3) is 10.1 Å². The van der Waals surface area contributed by atoms with Crippen LogP contribution in [0.25, 0.3) is 11.1 Å². The molecule has 0 saturated carbocycles. The Bertz CT molecular complexity index is 869. The number of primary amides is 1. The first-order valence-electron chi connectivity index (χ1n) is 8.25. The van der Waals surface area contributed by atoms with Crippen LogP contribution in [0.2, 0.25) is 0 Å². The lowest BCUT2D eigenvalue weighted by molar-refractivity contribution is -0.137. The minimum absolute atomic E-state index is 0.176. The summed E-state index contributed by atoms with van der Waals surface area (Å²) in [6, 6.07) is 12.7. The molecule has 0 bridgehead atoms. The van der Waals surface area contributed by atoms with Crippen LogP contribution in [0.4, 0.5) is 13.2 Å². The first kappa shape index (κ1) is 23.6. The Morgan fingerprint density at radius 1 is 1.04 bits per heavy atom. The zero-order chi connectivity index (χ0) is 21.5. The smallest absolute Gasteiger partial charge is 0.369 e. The molecular weight excluding hydrogens is 395 g/mol. The lowest BCUT2D eigenvalue weighted by atomic mass is 9.98. The van der Waals surface area contributed by atoms with E-state index < -0.39 is 21.9 Å². The molecule has 5 nitrogen and oxygen atoms in total. The molecule has 0 aromatic heterocycles. The van der Waals surface area contributed by atoms with Gasteiger partial charge in [0.05, 0.1) is 11.8 Å². The van der Waals surface area contributed by atoms with Crippen LogP contribution >= 0.6 is 0 Å². The number of hydrogen-bond donors (Lipinski definition) is 2. The Hall–Kier alpha value is -2.39. The third-order valence-electron chi connectivity index (χ3n) is 3.85. The summed E-state index contributed by atoms with van der Waals surface area (Å²) in [6.45, 7) is 1.79. The highest BCUT2D eigenvalue weighted by atomic mass is 32.2. The normalized spacial score (nSPS) is 12.6. The Labute approximate surface area is 162 Å². The molecule has 0 unspecified atom stereocenters. The summed E-state index contributed by atoms with van der Waals surface area (Å²) in [5.74, 6) is -0.490. The first-order chi connectivity index (χ1) is 12.8. The lowest BCUT2D eigenvalue weighted by Gasteiger charge is -2.09. The van der Waals surface area contributed by atoms with Crippen molar-refractivity contribution < 1.29 is 30.9 Å². The summed E-state index contributed by atoms with van der Waals surface area (Å²) >= 11 is 0. The minimum atomic E-state index is -4.32. The van der Waals surface area contributed by atoms with Crippen LogP contribution in [-0.4, -0.2) is 25.1 Å². The summed E-state index contributed by atoms with van der Waals surface area (Å²) in [7, 11) is -3.67. The molecule has 1 amide bonds. The van der Waals surface area contributed by atoms with Gasteiger partial charge in [-0.2, -0.15) is 21.6 Å². The van der Waals surface area contributed by atoms with Crippen LogP contribution in [-0.2, 0) is 27.5 Å². The predicted octanol–water partition coefficient (Wildman–Crippen LogP) is 3.93. The molecule has 0 spiro atoms. The third-order valence-corrected chi connectivity index (χ3v) is 3.85. The molecule has 154 valence electrons. The maximum absolute atomic E-state index is 12.5. The van der Waals surface area contributed by atoms with E-state index in [-0.39, 0.29) is 11.8 Å². The third kappa shape index (κ3) is 9.01. The molecule has 0 saturated heterocycles. The van der Waals surface area contributed by atoms with Gasteiger partial charge in [0.2, 0.25) is 5.91 Å². The van der Waals surface area contributed by atoms with E-state index >= 15 is 0 Å². The molecule has 3 N–H and O–H groups in total. The second-order valence-electron chi connectivity index (χ2n) is 6.35. The van der Waals surface area contributed by atoms with Crippen LogP contribution in [0.3, 0.4) is 0 Å². The number of carbonyl (C=O) groups is 1. The van der Waals surface area contributed by atoms with Gasteiger partial charge < -0.3 is 5.73 Å². The molecular formula is C19H22F3NO4S. The fraction of sp³-hybridized carbons (Fsp3) is 0.316. The van der Waals surface area contributed by atoms with Crippen LogP contribution in [0.5, 0.6) is 0 Å². The van der Waals surface area contributed by atoms with Gasteiger partial charge in [-0.1, -0.05) is 43.3 Å². The van der Waals surface area contributed by atoms with Crippen LogP contribution in [0, 0.1) is 5.92 Å². The predicted molar refractivity (Wildman–Crippen MR) is 101 cm³/mol. The van der Waals surface area contributed by atoms with Gasteiger partial charge in [-0.15, -0.1) is 0 Å². The summed E-state index contributed by atoms with van der Waals surface area (Å²) in [5.41, 5.74) is 7.22. The van der Waals surface area contributed by atoms with Crippen molar-refractivity contribution in [3.63, 3.8) is 0 Å². The van der Waals surface area contributed by atoms with E-state index in [9.17, 15) is 26.4 Å². The molecule has 0 aliphatic rings. The highest BCUT2D eigenvalue weighted by molar-refractivity contribution is 7.85. The van der Waals surface area contributed by atoms with Gasteiger partial charge in [0.1, 0.15) is 0 Å². The Kier molecular flexibility index (Phi) is 8.19. The van der Waals surface area contributed by atoms with Gasteiger partial charge in [0.15, 0.2) is 0 Å². The van der Waals surface area contributed by atoms with E-state index in [0.717, 1.165) is 35.2 Å². The van der Waals surface area contributed by atoms with Crippen LogP contribution < -0.4 is 5.73 Å². The monoisotopic (exact) mass is 417 g/mol. The molecule has 2 aromatic carbocycles. The van der Waals surface area contributed by atoms with Gasteiger partial charge in [-0.3, -0.25) is 9.35 Å². The van der Waals surface area contributed by atoms with Crippen LogP contribution in [0.1, 0.15) is 24.5 Å². The van der Waals surface area contributed by atoms with Crippen molar-refractivity contribution in [3.05, 3.63) is 59.7 Å². The van der Waals surface area contributed by atoms with E-state index in [1.807, 2.05) is 24.3 Å². The molecule has 0 heterocycles. The van der Waals surface area contributed by atoms with Gasteiger partial charge in [0, 0.05) is 5.92 Å². The number of alkyl halides is 3. The van der Waals surface area contributed by atoms with Crippen molar-refractivity contribution in [3.8, 4) is 11.1 Å². The van der Waals surface area contributed by atoms with Crippen LogP contribution in [0.15, 0.2) is 48.5 Å². The first-order valence-corrected chi connectivity index (χ1v) is 10.1. The fourth-order valence-corrected chi connectivity index (χ4v) is 2.24. The molecule has 2 aromatic rings. The number of carbonyl (C=O) groups excluding carboxylic acids is 1. The van der Waals surface area contributed by atoms with E-state index in [0.29, 0.717) is 12.7 Å². The standard InChI is InChI=1S/C18H18F3NO.CH4O3S/c1-12(17(22)23)2-3-13-4-6-14(7-5-13)15-8-10-16(11-9-15)18(19,20)21;1-5(2,3)4/h4-12H,2-3H2,1H3,(H2,22,23);1H3,(H,2,3,4)/t12-;/m0./s1. The van der Waals surface area contributed by atoms with E-state index in [2.05, 4.69) is 0 Å². The Morgan fingerprint density at radius 3 is 1.79 bits per heavy atom. The lowest BCUT2D eigenvalue weighted by Crippen LogP contribution is -2.20. The van der Waals surface area contributed by atoms with Crippen molar-refractivity contribution in [2.24, 2.45) is 11.7 Å². The van der Waals surface area contributed by atoms with Crippen molar-refractivity contribution in [1.82, 2.24) is 0 Å². The van der Waals surface area contributed by atoms with Gasteiger partial charge in [-0.25, -0.2) is 0 Å².